The van der Waals surface area contributed by atoms with Gasteiger partial charge in [0.2, 0.25) is 11.5 Å². The first-order chi connectivity index (χ1) is 14.2. The first-order valence-electron chi connectivity index (χ1n) is 8.94. The number of rotatable bonds is 3. The summed E-state index contributed by atoms with van der Waals surface area (Å²) in [5.41, 5.74) is 2.18. The van der Waals surface area contributed by atoms with Gasteiger partial charge in [-0.3, -0.25) is 4.79 Å². The fourth-order valence-corrected chi connectivity index (χ4v) is 3.17. The van der Waals surface area contributed by atoms with Crippen molar-refractivity contribution in [1.29, 1.82) is 0 Å². The van der Waals surface area contributed by atoms with Gasteiger partial charge in [0, 0.05) is 11.6 Å². The summed E-state index contributed by atoms with van der Waals surface area (Å²) >= 11 is 0. The van der Waals surface area contributed by atoms with Crippen molar-refractivity contribution in [3.05, 3.63) is 95.2 Å². The Hall–Kier alpha value is -4.06. The van der Waals surface area contributed by atoms with Gasteiger partial charge in [0.05, 0.1) is 11.8 Å². The summed E-state index contributed by atoms with van der Waals surface area (Å²) in [5, 5.41) is 0. The first-order valence-corrected chi connectivity index (χ1v) is 8.94. The first kappa shape index (κ1) is 17.1. The van der Waals surface area contributed by atoms with E-state index in [0.29, 0.717) is 17.9 Å². The average Bonchev–Trinajstić information content (AvgIpc) is 3.37. The normalized spacial score (nSPS) is 15.8. The predicted molar refractivity (Wildman–Crippen MR) is 103 cm³/mol. The number of fused-ring (bicyclic) bond motifs is 2. The molecule has 0 saturated heterocycles. The Balaban J connectivity index is 1.38. The molecule has 1 aromatic heterocycles. The van der Waals surface area contributed by atoms with Gasteiger partial charge in [-0.25, -0.2) is 4.79 Å². The smallest absolute Gasteiger partial charge is 0.379 e. The third kappa shape index (κ3) is 3.21. The van der Waals surface area contributed by atoms with Crippen LogP contribution in [0, 0.1) is 0 Å². The van der Waals surface area contributed by atoms with Gasteiger partial charge in [0.25, 0.3) is 0 Å². The van der Waals surface area contributed by atoms with Crippen LogP contribution in [0.2, 0.25) is 0 Å². The van der Waals surface area contributed by atoms with Crippen LogP contribution in [0.1, 0.15) is 26.5 Å². The Morgan fingerprint density at radius 3 is 2.79 bits per heavy atom. The number of hydrogen-bond acceptors (Lipinski definition) is 6. The van der Waals surface area contributed by atoms with E-state index in [2.05, 4.69) is 0 Å². The van der Waals surface area contributed by atoms with Gasteiger partial charge < -0.3 is 18.6 Å². The van der Waals surface area contributed by atoms with E-state index in [0.717, 1.165) is 16.9 Å². The second-order valence-electron chi connectivity index (χ2n) is 6.51. The van der Waals surface area contributed by atoms with Crippen LogP contribution in [0.4, 0.5) is 0 Å². The zero-order chi connectivity index (χ0) is 19.8. The summed E-state index contributed by atoms with van der Waals surface area (Å²) in [7, 11) is 0. The van der Waals surface area contributed by atoms with Crippen molar-refractivity contribution in [3.63, 3.8) is 0 Å². The number of para-hydroxylation sites is 1. The molecule has 3 heterocycles. The number of carbonyl (C=O) groups is 2. The van der Waals surface area contributed by atoms with Crippen molar-refractivity contribution in [2.45, 2.75) is 0 Å². The fourth-order valence-electron chi connectivity index (χ4n) is 3.17. The molecule has 0 unspecified atom stereocenters. The molecule has 0 radical (unpaired) electrons. The Labute approximate surface area is 165 Å². The molecule has 0 atom stereocenters. The number of furan rings is 1. The van der Waals surface area contributed by atoms with Crippen LogP contribution in [0.5, 0.6) is 17.2 Å². The average molecular weight is 386 g/mol. The van der Waals surface area contributed by atoms with Crippen LogP contribution < -0.4 is 14.2 Å². The lowest BCUT2D eigenvalue weighted by Crippen LogP contribution is -2.08. The van der Waals surface area contributed by atoms with Gasteiger partial charge in [0.1, 0.15) is 23.9 Å². The van der Waals surface area contributed by atoms with Crippen molar-refractivity contribution in [2.24, 2.45) is 0 Å². The minimum atomic E-state index is -0.627. The zero-order valence-electron chi connectivity index (χ0n) is 15.1. The molecule has 29 heavy (non-hydrogen) atoms. The Bertz CT molecular complexity index is 1180. The second-order valence-corrected chi connectivity index (χ2v) is 6.51. The van der Waals surface area contributed by atoms with Crippen molar-refractivity contribution < 1.29 is 28.2 Å². The van der Waals surface area contributed by atoms with Crippen LogP contribution in [-0.2, 0) is 0 Å². The number of ether oxygens (including phenoxy) is 3. The second kappa shape index (κ2) is 6.83. The van der Waals surface area contributed by atoms with E-state index >= 15 is 0 Å². The number of carbonyl (C=O) groups excluding carboxylic acids is 2. The fraction of sp³-hybridized carbons (Fsp3) is 0.0435. The molecule has 0 aliphatic carbocycles. The molecule has 5 rings (SSSR count). The highest BCUT2D eigenvalue weighted by Gasteiger charge is 2.28. The summed E-state index contributed by atoms with van der Waals surface area (Å²) in [6.07, 6.45) is 5.02. The standard InChI is InChI=1S/C23H14O6/c24-22-17-8-7-16(28-23(25)19-6-3-9-26-19)12-20(17)29-21(22)11-14-10-15-4-1-2-5-18(15)27-13-14/h1-12H,13H2. The lowest BCUT2D eigenvalue weighted by molar-refractivity contribution is 0.0701. The summed E-state index contributed by atoms with van der Waals surface area (Å²) in [4.78, 5) is 24.7. The monoisotopic (exact) mass is 386 g/mol. The molecule has 6 heteroatoms. The van der Waals surface area contributed by atoms with Crippen LogP contribution in [-0.4, -0.2) is 18.4 Å². The summed E-state index contributed by atoms with van der Waals surface area (Å²) in [5.74, 6) is 0.829. The van der Waals surface area contributed by atoms with Crippen molar-refractivity contribution in [3.8, 4) is 17.2 Å². The molecule has 3 aromatic rings. The molecule has 0 N–H and O–H groups in total. The molecule has 2 aromatic carbocycles. The molecule has 0 amide bonds. The van der Waals surface area contributed by atoms with E-state index < -0.39 is 5.97 Å². The molecule has 2 aliphatic heterocycles. The number of Topliss-reactive ketones (excluding diaryl/α,β-unsaturated/α-hetero) is 1. The highest BCUT2D eigenvalue weighted by atomic mass is 16.5. The van der Waals surface area contributed by atoms with Crippen LogP contribution in [0.15, 0.2) is 82.7 Å². The number of ketones is 1. The van der Waals surface area contributed by atoms with Gasteiger partial charge in [0.15, 0.2) is 5.76 Å². The topological polar surface area (TPSA) is 75.0 Å². The molecule has 0 bridgehead atoms. The van der Waals surface area contributed by atoms with Gasteiger partial charge in [-0.2, -0.15) is 0 Å². The maximum absolute atomic E-state index is 12.7. The summed E-state index contributed by atoms with van der Waals surface area (Å²) < 4.78 is 21.7. The van der Waals surface area contributed by atoms with Crippen molar-refractivity contribution in [2.75, 3.05) is 6.61 Å². The van der Waals surface area contributed by atoms with Gasteiger partial charge >= 0.3 is 5.97 Å². The van der Waals surface area contributed by atoms with Crippen LogP contribution in [0.25, 0.3) is 6.08 Å². The Kier molecular flexibility index (Phi) is 4.02. The van der Waals surface area contributed by atoms with E-state index in [1.165, 1.54) is 18.4 Å². The van der Waals surface area contributed by atoms with E-state index in [1.807, 2.05) is 30.3 Å². The summed E-state index contributed by atoms with van der Waals surface area (Å²) in [6, 6.07) is 15.4. The van der Waals surface area contributed by atoms with Gasteiger partial charge in [-0.1, -0.05) is 18.2 Å². The van der Waals surface area contributed by atoms with Crippen LogP contribution in [0.3, 0.4) is 0 Å². The minimum absolute atomic E-state index is 0.0904. The minimum Gasteiger partial charge on any atom is -0.488 e. The molecule has 142 valence electrons. The molecule has 6 nitrogen and oxygen atoms in total. The maximum Gasteiger partial charge on any atom is 0.379 e. The number of esters is 1. The molecule has 2 aliphatic rings. The third-order valence-corrected chi connectivity index (χ3v) is 4.55. The molecule has 0 saturated carbocycles. The van der Waals surface area contributed by atoms with Gasteiger partial charge in [-0.05, 0) is 48.1 Å². The van der Waals surface area contributed by atoms with Crippen molar-refractivity contribution in [1.82, 2.24) is 0 Å². The number of hydrogen-bond donors (Lipinski definition) is 0. The number of allylic oxidation sites excluding steroid dienone is 1. The summed E-state index contributed by atoms with van der Waals surface area (Å²) in [6.45, 7) is 0.347. The van der Waals surface area contributed by atoms with E-state index in [1.54, 1.807) is 24.3 Å². The predicted octanol–water partition coefficient (Wildman–Crippen LogP) is 4.43. The molecular formula is C23H14O6. The third-order valence-electron chi connectivity index (χ3n) is 4.55. The Morgan fingerprint density at radius 2 is 1.93 bits per heavy atom. The van der Waals surface area contributed by atoms with E-state index in [9.17, 15) is 9.59 Å². The largest absolute Gasteiger partial charge is 0.488 e. The zero-order valence-corrected chi connectivity index (χ0v) is 15.1. The maximum atomic E-state index is 12.7. The van der Waals surface area contributed by atoms with Gasteiger partial charge in [-0.15, -0.1) is 0 Å². The van der Waals surface area contributed by atoms with E-state index in [4.69, 9.17) is 18.6 Å². The lowest BCUT2D eigenvalue weighted by atomic mass is 10.1. The Morgan fingerprint density at radius 1 is 1.03 bits per heavy atom. The highest BCUT2D eigenvalue weighted by Crippen LogP contribution is 2.35. The molecule has 0 fully saturated rings. The highest BCUT2D eigenvalue weighted by molar-refractivity contribution is 6.12. The molecular weight excluding hydrogens is 372 g/mol. The lowest BCUT2D eigenvalue weighted by Gasteiger charge is -2.15. The van der Waals surface area contributed by atoms with Crippen molar-refractivity contribution >= 4 is 17.8 Å². The quantitative estimate of drug-likeness (QED) is 0.377. The molecule has 0 spiro atoms. The number of benzene rings is 2. The van der Waals surface area contributed by atoms with E-state index in [-0.39, 0.29) is 23.1 Å². The van der Waals surface area contributed by atoms with Crippen LogP contribution >= 0.6 is 0 Å². The SMILES string of the molecule is O=C(Oc1ccc2c(c1)OC(=CC1=Cc3ccccc3OC1)C2=O)c1ccco1.